The highest BCUT2D eigenvalue weighted by Crippen LogP contribution is 2.31. The third kappa shape index (κ3) is 2.51. The number of benzene rings is 1. The molecular formula is C11H10N4O3. The Morgan fingerprint density at radius 1 is 1.33 bits per heavy atom. The van der Waals surface area contributed by atoms with E-state index < -0.39 is 4.92 Å². The Bertz CT molecular complexity index is 601. The van der Waals surface area contributed by atoms with Crippen molar-refractivity contribution in [1.82, 2.24) is 9.97 Å². The van der Waals surface area contributed by atoms with Gasteiger partial charge in [0.05, 0.1) is 4.92 Å². The molecule has 0 radical (unpaired) electrons. The van der Waals surface area contributed by atoms with Gasteiger partial charge in [0.2, 0.25) is 11.6 Å². The molecule has 2 N–H and O–H groups in total. The minimum absolute atomic E-state index is 0.123. The van der Waals surface area contributed by atoms with E-state index in [1.807, 2.05) is 6.92 Å². The Morgan fingerprint density at radius 3 is 2.78 bits per heavy atom. The molecule has 0 atom stereocenters. The Balaban J connectivity index is 2.39. The van der Waals surface area contributed by atoms with Crippen molar-refractivity contribution in [2.45, 2.75) is 6.92 Å². The average molecular weight is 246 g/mol. The van der Waals surface area contributed by atoms with Gasteiger partial charge in [0.1, 0.15) is 12.1 Å². The molecule has 18 heavy (non-hydrogen) atoms. The van der Waals surface area contributed by atoms with Gasteiger partial charge < -0.3 is 10.5 Å². The van der Waals surface area contributed by atoms with Crippen molar-refractivity contribution in [1.29, 1.82) is 0 Å². The Hall–Kier alpha value is -2.70. The normalized spacial score (nSPS) is 10.1. The lowest BCUT2D eigenvalue weighted by atomic mass is 10.2. The summed E-state index contributed by atoms with van der Waals surface area (Å²) in [5, 5.41) is 10.9. The monoisotopic (exact) mass is 246 g/mol. The fourth-order valence-electron chi connectivity index (χ4n) is 1.38. The number of hydrogen-bond acceptors (Lipinski definition) is 6. The second-order valence-electron chi connectivity index (χ2n) is 3.61. The summed E-state index contributed by atoms with van der Waals surface area (Å²) in [6.45, 7) is 1.81. The number of nitrogens with zero attached hydrogens (tertiary/aromatic N) is 3. The summed E-state index contributed by atoms with van der Waals surface area (Å²) in [6.07, 6.45) is 1.23. The maximum Gasteiger partial charge on any atom is 0.311 e. The summed E-state index contributed by atoms with van der Waals surface area (Å²) in [5.41, 5.74) is 6.19. The highest BCUT2D eigenvalue weighted by atomic mass is 16.6. The zero-order valence-corrected chi connectivity index (χ0v) is 9.53. The van der Waals surface area contributed by atoms with Gasteiger partial charge in [0, 0.05) is 12.1 Å². The summed E-state index contributed by atoms with van der Waals surface area (Å²) >= 11 is 0. The number of nitro groups is 1. The van der Waals surface area contributed by atoms with Gasteiger partial charge in [-0.05, 0) is 18.6 Å². The molecule has 0 aliphatic heterocycles. The molecule has 0 aliphatic carbocycles. The fraction of sp³-hybridized carbons (Fsp3) is 0.0909. The second kappa shape index (κ2) is 4.66. The minimum Gasteiger partial charge on any atom is -0.432 e. The molecule has 7 nitrogen and oxygen atoms in total. The minimum atomic E-state index is -0.515. The lowest BCUT2D eigenvalue weighted by Gasteiger charge is -2.06. The molecule has 1 aromatic heterocycles. The van der Waals surface area contributed by atoms with Crippen LogP contribution >= 0.6 is 0 Å². The van der Waals surface area contributed by atoms with Crippen LogP contribution in [0.25, 0.3) is 0 Å². The zero-order valence-electron chi connectivity index (χ0n) is 9.53. The van der Waals surface area contributed by atoms with Gasteiger partial charge in [-0.3, -0.25) is 10.1 Å². The van der Waals surface area contributed by atoms with E-state index in [0.29, 0.717) is 0 Å². The SMILES string of the molecule is Cc1ccc([N+](=O)[O-])c(Oc2cc(N)ncn2)c1. The lowest BCUT2D eigenvalue weighted by molar-refractivity contribution is -0.385. The number of nitrogens with two attached hydrogens (primary N) is 1. The predicted molar refractivity (Wildman–Crippen MR) is 64.4 cm³/mol. The standard InChI is InChI=1S/C11H10N4O3/c1-7-2-3-8(15(16)17)9(4-7)18-11-5-10(12)13-6-14-11/h2-6H,1H3,(H2,12,13,14). The molecule has 2 aromatic rings. The maximum atomic E-state index is 10.9. The molecule has 7 heteroatoms. The first-order valence-corrected chi connectivity index (χ1v) is 5.06. The van der Waals surface area contributed by atoms with Crippen LogP contribution in [0.15, 0.2) is 30.6 Å². The number of rotatable bonds is 3. The lowest BCUT2D eigenvalue weighted by Crippen LogP contribution is -1.97. The number of nitro benzene ring substituents is 1. The van der Waals surface area contributed by atoms with Crippen LogP contribution in [-0.2, 0) is 0 Å². The van der Waals surface area contributed by atoms with Gasteiger partial charge in [-0.15, -0.1) is 0 Å². The maximum absolute atomic E-state index is 10.9. The van der Waals surface area contributed by atoms with E-state index in [9.17, 15) is 10.1 Å². The largest absolute Gasteiger partial charge is 0.432 e. The molecule has 0 spiro atoms. The van der Waals surface area contributed by atoms with Crippen molar-refractivity contribution in [3.05, 3.63) is 46.3 Å². The summed E-state index contributed by atoms with van der Waals surface area (Å²) in [6, 6.07) is 5.98. The summed E-state index contributed by atoms with van der Waals surface area (Å²) in [4.78, 5) is 17.9. The van der Waals surface area contributed by atoms with Gasteiger partial charge in [0.25, 0.3) is 0 Å². The molecule has 2 rings (SSSR count). The molecule has 0 fully saturated rings. The van der Waals surface area contributed by atoms with Gasteiger partial charge in [0.15, 0.2) is 0 Å². The highest BCUT2D eigenvalue weighted by Gasteiger charge is 2.16. The molecule has 0 unspecified atom stereocenters. The van der Waals surface area contributed by atoms with Crippen molar-refractivity contribution in [3.63, 3.8) is 0 Å². The highest BCUT2D eigenvalue weighted by molar-refractivity contribution is 5.50. The van der Waals surface area contributed by atoms with Gasteiger partial charge in [-0.25, -0.2) is 9.97 Å². The van der Waals surface area contributed by atoms with E-state index in [0.717, 1.165) is 5.56 Å². The molecule has 0 saturated carbocycles. The number of hydrogen-bond donors (Lipinski definition) is 1. The number of aromatic nitrogens is 2. The van der Waals surface area contributed by atoms with Crippen molar-refractivity contribution in [3.8, 4) is 11.6 Å². The fourth-order valence-corrected chi connectivity index (χ4v) is 1.38. The van der Waals surface area contributed by atoms with E-state index in [1.54, 1.807) is 12.1 Å². The summed E-state index contributed by atoms with van der Waals surface area (Å²) in [7, 11) is 0. The average Bonchev–Trinajstić information content (AvgIpc) is 2.28. The van der Waals surface area contributed by atoms with Crippen LogP contribution in [0.1, 0.15) is 5.56 Å². The number of nitrogen functional groups attached to an aromatic ring is 1. The molecule has 92 valence electrons. The zero-order chi connectivity index (χ0) is 13.1. The number of ether oxygens (including phenoxy) is 1. The van der Waals surface area contributed by atoms with Crippen LogP contribution in [-0.4, -0.2) is 14.9 Å². The van der Waals surface area contributed by atoms with Crippen molar-refractivity contribution >= 4 is 11.5 Å². The third-order valence-corrected chi connectivity index (χ3v) is 2.19. The Morgan fingerprint density at radius 2 is 2.11 bits per heavy atom. The van der Waals surface area contributed by atoms with Crippen molar-refractivity contribution in [2.75, 3.05) is 5.73 Å². The third-order valence-electron chi connectivity index (χ3n) is 2.19. The van der Waals surface area contributed by atoms with E-state index in [4.69, 9.17) is 10.5 Å². The summed E-state index contributed by atoms with van der Waals surface area (Å²) in [5.74, 6) is 0.518. The summed E-state index contributed by atoms with van der Waals surface area (Å²) < 4.78 is 5.36. The van der Waals surface area contributed by atoms with Crippen LogP contribution in [0.4, 0.5) is 11.5 Å². The second-order valence-corrected chi connectivity index (χ2v) is 3.61. The van der Waals surface area contributed by atoms with E-state index in [1.165, 1.54) is 18.5 Å². The topological polar surface area (TPSA) is 104 Å². The van der Waals surface area contributed by atoms with Crippen LogP contribution in [0.3, 0.4) is 0 Å². The number of anilines is 1. The first-order chi connectivity index (χ1) is 8.56. The van der Waals surface area contributed by atoms with E-state index >= 15 is 0 Å². The molecular weight excluding hydrogens is 236 g/mol. The van der Waals surface area contributed by atoms with E-state index in [2.05, 4.69) is 9.97 Å². The van der Waals surface area contributed by atoms with Gasteiger partial charge >= 0.3 is 5.69 Å². The molecule has 0 amide bonds. The Labute approximate surface area is 102 Å². The van der Waals surface area contributed by atoms with Crippen LogP contribution in [0.2, 0.25) is 0 Å². The number of aryl methyl sites for hydroxylation is 1. The van der Waals surface area contributed by atoms with Gasteiger partial charge in [-0.1, -0.05) is 6.07 Å². The Kier molecular flexibility index (Phi) is 3.05. The van der Waals surface area contributed by atoms with Gasteiger partial charge in [-0.2, -0.15) is 0 Å². The smallest absolute Gasteiger partial charge is 0.311 e. The van der Waals surface area contributed by atoms with E-state index in [-0.39, 0.29) is 23.1 Å². The van der Waals surface area contributed by atoms with Crippen molar-refractivity contribution < 1.29 is 9.66 Å². The van der Waals surface area contributed by atoms with Crippen LogP contribution in [0, 0.1) is 17.0 Å². The molecule has 1 aromatic carbocycles. The van der Waals surface area contributed by atoms with Crippen molar-refractivity contribution in [2.24, 2.45) is 0 Å². The first kappa shape index (κ1) is 11.8. The molecule has 0 bridgehead atoms. The quantitative estimate of drug-likeness (QED) is 0.656. The van der Waals surface area contributed by atoms with Crippen LogP contribution in [0.5, 0.6) is 11.6 Å². The molecule has 0 aliphatic rings. The predicted octanol–water partition coefficient (Wildman–Crippen LogP) is 2.07. The van der Waals surface area contributed by atoms with Crippen LogP contribution < -0.4 is 10.5 Å². The molecule has 0 saturated heterocycles. The molecule has 1 heterocycles. The first-order valence-electron chi connectivity index (χ1n) is 5.06.